The van der Waals surface area contributed by atoms with Crippen molar-refractivity contribution < 1.29 is 19.4 Å². The fourth-order valence-corrected chi connectivity index (χ4v) is 4.25. The summed E-state index contributed by atoms with van der Waals surface area (Å²) < 4.78 is 6.27. The van der Waals surface area contributed by atoms with Crippen LogP contribution in [-0.2, 0) is 4.79 Å². The number of aliphatic hydroxyl groups is 1. The molecule has 0 radical (unpaired) electrons. The number of hydrogen-bond donors (Lipinski definition) is 1. The van der Waals surface area contributed by atoms with Crippen LogP contribution in [0.15, 0.2) is 36.5 Å². The zero-order valence-electron chi connectivity index (χ0n) is 19.8. The van der Waals surface area contributed by atoms with E-state index in [1.54, 1.807) is 54.2 Å². The van der Waals surface area contributed by atoms with Crippen LogP contribution in [0.5, 0.6) is 5.88 Å². The number of benzene rings is 1. The van der Waals surface area contributed by atoms with Gasteiger partial charge in [0.05, 0.1) is 30.8 Å². The molecule has 1 aliphatic heterocycles. The number of fused-ring (bicyclic) bond motifs is 1. The topological polar surface area (TPSA) is 107 Å². The minimum Gasteiger partial charge on any atom is -0.472 e. The van der Waals surface area contributed by atoms with Gasteiger partial charge in [0.25, 0.3) is 5.91 Å². The third-order valence-electron chi connectivity index (χ3n) is 6.60. The lowest BCUT2D eigenvalue weighted by Gasteiger charge is -2.37. The van der Waals surface area contributed by atoms with Crippen LogP contribution in [0.4, 0.5) is 0 Å². The van der Waals surface area contributed by atoms with E-state index >= 15 is 0 Å². The first-order valence-electron chi connectivity index (χ1n) is 11.7. The van der Waals surface area contributed by atoms with Crippen molar-refractivity contribution in [3.63, 3.8) is 0 Å². The van der Waals surface area contributed by atoms with E-state index in [-0.39, 0.29) is 42.2 Å². The Labute approximate surface area is 199 Å². The Kier molecular flexibility index (Phi) is 6.85. The van der Waals surface area contributed by atoms with E-state index in [0.29, 0.717) is 29.8 Å². The number of amides is 2. The number of rotatable bonds is 6. The summed E-state index contributed by atoms with van der Waals surface area (Å²) in [6, 6.07) is 10.6. The van der Waals surface area contributed by atoms with E-state index in [9.17, 15) is 20.0 Å². The van der Waals surface area contributed by atoms with Gasteiger partial charge in [-0.2, -0.15) is 5.26 Å². The molecule has 178 valence electrons. The van der Waals surface area contributed by atoms with Crippen molar-refractivity contribution in [1.29, 1.82) is 5.26 Å². The molecule has 0 bridgehead atoms. The van der Waals surface area contributed by atoms with Gasteiger partial charge in [-0.25, -0.2) is 4.98 Å². The van der Waals surface area contributed by atoms with Crippen LogP contribution in [0.2, 0.25) is 0 Å². The lowest BCUT2D eigenvalue weighted by molar-refractivity contribution is -0.132. The van der Waals surface area contributed by atoms with E-state index in [0.717, 1.165) is 18.4 Å². The number of carbonyl (C=O) groups is 2. The van der Waals surface area contributed by atoms with Gasteiger partial charge in [-0.05, 0) is 43.5 Å². The summed E-state index contributed by atoms with van der Waals surface area (Å²) >= 11 is 0. The maximum Gasteiger partial charge on any atom is 0.259 e. The Morgan fingerprint density at radius 1 is 1.35 bits per heavy atom. The van der Waals surface area contributed by atoms with Gasteiger partial charge in [0.1, 0.15) is 11.7 Å². The molecule has 1 N–H and O–H groups in total. The quantitative estimate of drug-likeness (QED) is 0.707. The molecule has 0 saturated heterocycles. The largest absolute Gasteiger partial charge is 0.472 e. The van der Waals surface area contributed by atoms with Crippen LogP contribution < -0.4 is 4.74 Å². The van der Waals surface area contributed by atoms with Gasteiger partial charge in [0.15, 0.2) is 0 Å². The number of ether oxygens (including phenoxy) is 1. The number of nitrogens with zero attached hydrogens (tertiary/aromatic N) is 4. The summed E-state index contributed by atoms with van der Waals surface area (Å²) in [7, 11) is 1.79. The number of aromatic nitrogens is 1. The minimum absolute atomic E-state index is 0.0886. The third-order valence-corrected chi connectivity index (χ3v) is 6.60. The summed E-state index contributed by atoms with van der Waals surface area (Å²) in [5.41, 5.74) is 2.27. The summed E-state index contributed by atoms with van der Waals surface area (Å²) in [5.74, 6) is 0.0856. The second kappa shape index (κ2) is 9.82. The molecule has 8 heteroatoms. The molecule has 2 aromatic rings. The Morgan fingerprint density at radius 2 is 2.12 bits per heavy atom. The summed E-state index contributed by atoms with van der Waals surface area (Å²) in [6.07, 6.45) is 3.12. The maximum atomic E-state index is 13.6. The number of likely N-dealkylation sites (N-methyl/N-ethyl adjacent to an activating group) is 1. The Balaban J connectivity index is 1.71. The van der Waals surface area contributed by atoms with Crippen LogP contribution in [0.1, 0.15) is 42.6 Å². The molecular formula is C26H30N4O4. The Morgan fingerprint density at radius 3 is 2.79 bits per heavy atom. The summed E-state index contributed by atoms with van der Waals surface area (Å²) in [4.78, 5) is 34.0. The molecule has 2 amide bonds. The van der Waals surface area contributed by atoms with Crippen molar-refractivity contribution in [2.24, 2.45) is 11.8 Å². The Bertz CT molecular complexity index is 1120. The molecule has 1 aromatic carbocycles. The molecule has 34 heavy (non-hydrogen) atoms. The zero-order valence-corrected chi connectivity index (χ0v) is 19.8. The highest BCUT2D eigenvalue weighted by Crippen LogP contribution is 2.33. The lowest BCUT2D eigenvalue weighted by Crippen LogP contribution is -2.50. The first kappa shape index (κ1) is 23.7. The lowest BCUT2D eigenvalue weighted by atomic mass is 9.98. The summed E-state index contributed by atoms with van der Waals surface area (Å²) in [6.45, 7) is 4.38. The van der Waals surface area contributed by atoms with E-state index in [4.69, 9.17) is 4.74 Å². The van der Waals surface area contributed by atoms with Gasteiger partial charge in [-0.3, -0.25) is 9.59 Å². The van der Waals surface area contributed by atoms with Crippen molar-refractivity contribution in [3.8, 4) is 23.1 Å². The fourth-order valence-electron chi connectivity index (χ4n) is 4.25. The van der Waals surface area contributed by atoms with E-state index in [2.05, 4.69) is 11.1 Å². The van der Waals surface area contributed by atoms with Crippen molar-refractivity contribution in [1.82, 2.24) is 14.8 Å². The molecule has 1 aliphatic carbocycles. The molecule has 1 fully saturated rings. The number of pyridine rings is 1. The van der Waals surface area contributed by atoms with Gasteiger partial charge >= 0.3 is 0 Å². The fraction of sp³-hybridized carbons (Fsp3) is 0.462. The minimum atomic E-state index is -0.391. The van der Waals surface area contributed by atoms with E-state index in [1.165, 1.54) is 0 Å². The molecule has 0 spiro atoms. The predicted molar refractivity (Wildman–Crippen MR) is 126 cm³/mol. The first-order valence-corrected chi connectivity index (χ1v) is 11.7. The maximum absolute atomic E-state index is 13.6. The Hall–Kier alpha value is -3.44. The molecule has 2 heterocycles. The summed E-state index contributed by atoms with van der Waals surface area (Å²) in [5, 5.41) is 19.1. The molecular weight excluding hydrogens is 432 g/mol. The number of aliphatic hydroxyl groups excluding tert-OH is 1. The average Bonchev–Trinajstić information content (AvgIpc) is 3.70. The van der Waals surface area contributed by atoms with Crippen molar-refractivity contribution in [3.05, 3.63) is 47.7 Å². The van der Waals surface area contributed by atoms with Gasteiger partial charge in [-0.15, -0.1) is 0 Å². The predicted octanol–water partition coefficient (Wildman–Crippen LogP) is 2.71. The standard InChI is InChI=1S/C26H30N4O4/c1-16-13-30(17(2)15-31)26(33)22-10-21(20-6-4-5-18(9-20)11-27)12-28-24(22)34-23(16)14-29(3)25(32)19-7-8-19/h4-6,9-10,12,16-17,19,23,31H,7-8,13-15H2,1-3H3/t16-,17-,23+/m0/s1. The normalized spacial score (nSPS) is 20.9. The first-order chi connectivity index (χ1) is 16.3. The number of carbonyl (C=O) groups excluding carboxylic acids is 2. The number of nitriles is 1. The van der Waals surface area contributed by atoms with Crippen LogP contribution >= 0.6 is 0 Å². The van der Waals surface area contributed by atoms with Crippen molar-refractivity contribution in [2.45, 2.75) is 38.8 Å². The zero-order chi connectivity index (χ0) is 24.4. The van der Waals surface area contributed by atoms with Gasteiger partial charge in [-0.1, -0.05) is 19.1 Å². The highest BCUT2D eigenvalue weighted by molar-refractivity contribution is 5.98. The average molecular weight is 463 g/mol. The van der Waals surface area contributed by atoms with E-state index < -0.39 is 6.04 Å². The van der Waals surface area contributed by atoms with Crippen LogP contribution in [-0.4, -0.2) is 70.6 Å². The highest BCUT2D eigenvalue weighted by Gasteiger charge is 2.37. The smallest absolute Gasteiger partial charge is 0.259 e. The SMILES string of the molecule is C[C@H]1CN([C@@H](C)CO)C(=O)c2cc(-c3cccc(C#N)c3)cnc2O[C@@H]1CN(C)C(=O)C1CC1. The molecule has 3 atom stereocenters. The van der Waals surface area contributed by atoms with Crippen LogP contribution in [0.25, 0.3) is 11.1 Å². The van der Waals surface area contributed by atoms with Gasteiger partial charge < -0.3 is 19.6 Å². The van der Waals surface area contributed by atoms with Crippen LogP contribution in [0, 0.1) is 23.2 Å². The van der Waals surface area contributed by atoms with E-state index in [1.807, 2.05) is 13.0 Å². The van der Waals surface area contributed by atoms with Crippen molar-refractivity contribution in [2.75, 3.05) is 26.7 Å². The monoisotopic (exact) mass is 462 g/mol. The molecule has 8 nitrogen and oxygen atoms in total. The molecule has 2 aliphatic rings. The van der Waals surface area contributed by atoms with Crippen molar-refractivity contribution >= 4 is 11.8 Å². The molecule has 1 saturated carbocycles. The second-order valence-corrected chi connectivity index (χ2v) is 9.39. The van der Waals surface area contributed by atoms with Gasteiger partial charge in [0, 0.05) is 37.2 Å². The second-order valence-electron chi connectivity index (χ2n) is 9.39. The number of hydrogen-bond acceptors (Lipinski definition) is 6. The highest BCUT2D eigenvalue weighted by atomic mass is 16.5. The van der Waals surface area contributed by atoms with Gasteiger partial charge in [0.2, 0.25) is 11.8 Å². The molecule has 4 rings (SSSR count). The van der Waals surface area contributed by atoms with Crippen LogP contribution in [0.3, 0.4) is 0 Å². The third kappa shape index (κ3) is 4.90. The molecule has 1 aromatic heterocycles. The molecule has 0 unspecified atom stereocenters.